The summed E-state index contributed by atoms with van der Waals surface area (Å²) in [7, 11) is 0. The van der Waals surface area contributed by atoms with E-state index in [1.807, 2.05) is 6.92 Å². The highest BCUT2D eigenvalue weighted by atomic mass is 79.9. The van der Waals surface area contributed by atoms with Gasteiger partial charge in [0.2, 0.25) is 0 Å². The maximum absolute atomic E-state index is 9.07. The number of hydrogen-bond donors (Lipinski definition) is 2. The lowest BCUT2D eigenvalue weighted by Gasteiger charge is -1.94. The fourth-order valence-electron chi connectivity index (χ4n) is 0.751. The van der Waals surface area contributed by atoms with Crippen LogP contribution in [0.4, 0.5) is 0 Å². The molecule has 11 heavy (non-hydrogen) atoms. The number of aromatic amines is 1. The molecule has 62 valence electrons. The fourth-order valence-corrected chi connectivity index (χ4v) is 0.751. The number of aryl methyl sites for hydroxylation is 1. The van der Waals surface area contributed by atoms with Crippen molar-refractivity contribution in [3.8, 4) is 11.8 Å². The molecule has 1 aromatic heterocycles. The summed E-state index contributed by atoms with van der Waals surface area (Å²) in [6, 6.07) is 1.56. The number of halogens is 1. The van der Waals surface area contributed by atoms with Gasteiger partial charge in [-0.05, 0) is 19.4 Å². The molecule has 1 heterocycles. The lowest BCUT2D eigenvalue weighted by atomic mass is 10.2. The summed E-state index contributed by atoms with van der Waals surface area (Å²) in [5.74, 6) is 0.0121. The van der Waals surface area contributed by atoms with E-state index in [0.717, 1.165) is 11.1 Å². The molecule has 0 fully saturated rings. The lowest BCUT2D eigenvalue weighted by Crippen LogP contribution is -2.04. The molecule has 4 heteroatoms. The first kappa shape index (κ1) is 10.2. The fraction of sp³-hybridized carbons (Fsp3) is 0.286. The monoisotopic (exact) mass is 220 g/mol. The van der Waals surface area contributed by atoms with Gasteiger partial charge >= 0.3 is 11.8 Å². The first-order valence-corrected chi connectivity index (χ1v) is 3.02. The lowest BCUT2D eigenvalue weighted by molar-refractivity contribution is -0.409. The second-order valence-electron chi connectivity index (χ2n) is 2.31. The van der Waals surface area contributed by atoms with Crippen LogP contribution in [0.15, 0.2) is 6.07 Å². The average Bonchev–Trinajstić information content (AvgIpc) is 1.82. The van der Waals surface area contributed by atoms with Gasteiger partial charge in [-0.25, -0.2) is 0 Å². The molecule has 0 unspecified atom stereocenters. The molecule has 0 aliphatic rings. The highest BCUT2D eigenvalue weighted by Gasteiger charge is 2.09. The van der Waals surface area contributed by atoms with Crippen molar-refractivity contribution < 1.29 is 15.2 Å². The van der Waals surface area contributed by atoms with Crippen LogP contribution in [0, 0.1) is 13.8 Å². The second-order valence-corrected chi connectivity index (χ2v) is 2.31. The molecule has 0 aliphatic heterocycles. The van der Waals surface area contributed by atoms with Gasteiger partial charge in [0.05, 0.1) is 11.6 Å². The van der Waals surface area contributed by atoms with E-state index in [1.54, 1.807) is 13.0 Å². The Morgan fingerprint density at radius 2 is 1.82 bits per heavy atom. The first-order chi connectivity index (χ1) is 4.61. The molecule has 3 N–H and O–H groups in total. The Hall–Kier alpha value is -0.770. The van der Waals surface area contributed by atoms with E-state index in [0.29, 0.717) is 0 Å². The summed E-state index contributed by atoms with van der Waals surface area (Å²) in [6.07, 6.45) is 0. The summed E-state index contributed by atoms with van der Waals surface area (Å²) in [6.45, 7) is 3.60. The number of nitrogens with one attached hydrogen (secondary N) is 1. The van der Waals surface area contributed by atoms with Gasteiger partial charge in [-0.3, -0.25) is 0 Å². The number of aromatic hydroxyl groups is 2. The van der Waals surface area contributed by atoms with Crippen molar-refractivity contribution in [1.29, 1.82) is 0 Å². The minimum Gasteiger partial charge on any atom is -0.460 e. The van der Waals surface area contributed by atoms with E-state index in [-0.39, 0.29) is 28.7 Å². The molecular formula is C7H11BrNO2+. The van der Waals surface area contributed by atoms with Gasteiger partial charge in [0.15, 0.2) is 0 Å². The van der Waals surface area contributed by atoms with E-state index in [9.17, 15) is 0 Å². The molecule has 1 rings (SSSR count). The number of rotatable bonds is 0. The Kier molecular flexibility index (Phi) is 3.32. The Balaban J connectivity index is 0.000001000. The Bertz CT molecular complexity index is 240. The molecular weight excluding hydrogens is 210 g/mol. The van der Waals surface area contributed by atoms with Crippen LogP contribution in [0.1, 0.15) is 11.1 Å². The van der Waals surface area contributed by atoms with Gasteiger partial charge in [-0.15, -0.1) is 22.0 Å². The predicted octanol–water partition coefficient (Wildman–Crippen LogP) is 1.11. The van der Waals surface area contributed by atoms with Gasteiger partial charge in [-0.2, -0.15) is 0 Å². The van der Waals surface area contributed by atoms with E-state index in [1.165, 1.54) is 0 Å². The van der Waals surface area contributed by atoms with Crippen LogP contribution in [-0.2, 0) is 0 Å². The summed E-state index contributed by atoms with van der Waals surface area (Å²) in [5.41, 5.74) is 1.63. The largest absolute Gasteiger partial charge is 0.460 e. The van der Waals surface area contributed by atoms with Gasteiger partial charge in [0.1, 0.15) is 0 Å². The quantitative estimate of drug-likeness (QED) is 0.689. The van der Waals surface area contributed by atoms with Gasteiger partial charge in [0.25, 0.3) is 0 Å². The van der Waals surface area contributed by atoms with Crippen molar-refractivity contribution in [2.45, 2.75) is 13.8 Å². The smallest absolute Gasteiger partial charge is 0.369 e. The molecule has 1 aromatic rings. The van der Waals surface area contributed by atoms with Crippen molar-refractivity contribution in [3.05, 3.63) is 17.2 Å². The maximum Gasteiger partial charge on any atom is 0.369 e. The standard InChI is InChI=1S/C7H9NO2.BrH/c1-4-3-6(9)8-7(10)5(4)2;/h3H,1-2H3,(H2,8,9,10);1H/p+1. The summed E-state index contributed by atoms with van der Waals surface area (Å²) in [5, 5.41) is 18.0. The molecule has 0 spiro atoms. The third-order valence-corrected chi connectivity index (χ3v) is 1.55. The summed E-state index contributed by atoms with van der Waals surface area (Å²) >= 11 is 0. The highest BCUT2D eigenvalue weighted by molar-refractivity contribution is 8.93. The summed E-state index contributed by atoms with van der Waals surface area (Å²) in [4.78, 5) is 2.39. The van der Waals surface area contributed by atoms with Gasteiger partial charge in [0, 0.05) is 0 Å². The van der Waals surface area contributed by atoms with E-state index < -0.39 is 0 Å². The first-order valence-electron chi connectivity index (χ1n) is 3.02. The minimum atomic E-state index is -0.0133. The maximum atomic E-state index is 9.07. The van der Waals surface area contributed by atoms with Crippen molar-refractivity contribution in [2.75, 3.05) is 0 Å². The molecule has 0 aromatic carbocycles. The van der Waals surface area contributed by atoms with E-state index in [2.05, 4.69) is 4.98 Å². The number of H-pyrrole nitrogens is 1. The third kappa shape index (κ3) is 2.08. The van der Waals surface area contributed by atoms with Crippen LogP contribution in [0.3, 0.4) is 0 Å². The molecule has 0 amide bonds. The van der Waals surface area contributed by atoms with Gasteiger partial charge in [-0.1, -0.05) is 0 Å². The van der Waals surface area contributed by atoms with Crippen LogP contribution in [0.2, 0.25) is 0 Å². The number of aromatic nitrogens is 1. The molecule has 0 atom stereocenters. The zero-order valence-electron chi connectivity index (χ0n) is 6.38. The zero-order chi connectivity index (χ0) is 7.72. The molecule has 0 saturated carbocycles. The zero-order valence-corrected chi connectivity index (χ0v) is 8.09. The van der Waals surface area contributed by atoms with E-state index >= 15 is 0 Å². The normalized spacial score (nSPS) is 8.91. The molecule has 0 radical (unpaired) electrons. The molecule has 3 nitrogen and oxygen atoms in total. The van der Waals surface area contributed by atoms with Crippen LogP contribution < -0.4 is 4.98 Å². The molecule has 0 aliphatic carbocycles. The topological polar surface area (TPSA) is 54.6 Å². The predicted molar refractivity (Wildman–Crippen MR) is 46.1 cm³/mol. The second kappa shape index (κ2) is 3.57. The van der Waals surface area contributed by atoms with Crippen LogP contribution in [0.25, 0.3) is 0 Å². The Morgan fingerprint density at radius 3 is 2.27 bits per heavy atom. The molecule has 0 bridgehead atoms. The SMILES string of the molecule is Br.Cc1cc(O)[nH+]c(O)c1C. The van der Waals surface area contributed by atoms with E-state index in [4.69, 9.17) is 10.2 Å². The average molecular weight is 221 g/mol. The molecule has 0 saturated heterocycles. The van der Waals surface area contributed by atoms with Crippen LogP contribution >= 0.6 is 17.0 Å². The summed E-state index contributed by atoms with van der Waals surface area (Å²) < 4.78 is 0. The van der Waals surface area contributed by atoms with Crippen molar-refractivity contribution in [1.82, 2.24) is 0 Å². The van der Waals surface area contributed by atoms with Crippen molar-refractivity contribution in [3.63, 3.8) is 0 Å². The third-order valence-electron chi connectivity index (χ3n) is 1.55. The van der Waals surface area contributed by atoms with Crippen LogP contribution in [-0.4, -0.2) is 10.2 Å². The van der Waals surface area contributed by atoms with Gasteiger partial charge < -0.3 is 10.2 Å². The van der Waals surface area contributed by atoms with Crippen LogP contribution in [0.5, 0.6) is 11.8 Å². The highest BCUT2D eigenvalue weighted by Crippen LogP contribution is 2.16. The number of hydrogen-bond acceptors (Lipinski definition) is 2. The number of pyridine rings is 1. The van der Waals surface area contributed by atoms with Crippen molar-refractivity contribution >= 4 is 17.0 Å². The Morgan fingerprint density at radius 1 is 1.27 bits per heavy atom. The van der Waals surface area contributed by atoms with Crippen molar-refractivity contribution in [2.24, 2.45) is 0 Å². The minimum absolute atomic E-state index is 0. The Labute approximate surface area is 75.5 Å².